The zero-order chi connectivity index (χ0) is 15.1. The Kier molecular flexibility index (Phi) is 5.66. The Morgan fingerprint density at radius 1 is 1.48 bits per heavy atom. The Morgan fingerprint density at radius 2 is 2.24 bits per heavy atom. The van der Waals surface area contributed by atoms with E-state index in [1.165, 1.54) is 11.1 Å². The van der Waals surface area contributed by atoms with Crippen LogP contribution in [-0.4, -0.2) is 54.4 Å². The first-order valence-electron chi connectivity index (χ1n) is 7.09. The Balaban J connectivity index is 2.08. The standard InChI is InChI=1S/C16H20N3O2/c1-14-13-17-9-10-18(14)19(11-12-20)16(21)8-7-15-5-3-2-4-6-15/h2-8,14,17H,9-11,13H2,1H3/b8-7+. The highest BCUT2D eigenvalue weighted by atomic mass is 16.2. The van der Waals surface area contributed by atoms with Gasteiger partial charge >= 0.3 is 0 Å². The third-order valence-electron chi connectivity index (χ3n) is 3.46. The molecule has 1 amide bonds. The monoisotopic (exact) mass is 286 g/mol. The van der Waals surface area contributed by atoms with E-state index in [-0.39, 0.29) is 18.5 Å². The van der Waals surface area contributed by atoms with Crippen molar-refractivity contribution in [2.24, 2.45) is 0 Å². The van der Waals surface area contributed by atoms with Crippen molar-refractivity contribution in [3.05, 3.63) is 42.0 Å². The van der Waals surface area contributed by atoms with Gasteiger partial charge in [0.25, 0.3) is 5.91 Å². The molecule has 111 valence electrons. The smallest absolute Gasteiger partial charge is 0.261 e. The van der Waals surface area contributed by atoms with Gasteiger partial charge in [-0.1, -0.05) is 30.3 Å². The molecule has 1 aromatic carbocycles. The van der Waals surface area contributed by atoms with Crippen LogP contribution in [0.1, 0.15) is 12.5 Å². The fourth-order valence-electron chi connectivity index (χ4n) is 2.36. The molecule has 1 aliphatic rings. The molecule has 1 aliphatic heterocycles. The fourth-order valence-corrected chi connectivity index (χ4v) is 2.36. The van der Waals surface area contributed by atoms with E-state index in [4.69, 9.17) is 0 Å². The first-order chi connectivity index (χ1) is 10.2. The predicted octanol–water partition coefficient (Wildman–Crippen LogP) is 0.847. The van der Waals surface area contributed by atoms with Gasteiger partial charge in [-0.05, 0) is 18.6 Å². The predicted molar refractivity (Wildman–Crippen MR) is 81.9 cm³/mol. The van der Waals surface area contributed by atoms with Gasteiger partial charge in [-0.2, -0.15) is 0 Å². The molecular weight excluding hydrogens is 266 g/mol. The van der Waals surface area contributed by atoms with Crippen molar-refractivity contribution in [2.75, 3.05) is 26.2 Å². The van der Waals surface area contributed by atoms with Crippen LogP contribution in [0, 0.1) is 0 Å². The number of nitrogens with zero attached hydrogens (tertiary/aromatic N) is 2. The zero-order valence-corrected chi connectivity index (χ0v) is 12.2. The molecule has 0 saturated carbocycles. The van der Waals surface area contributed by atoms with Crippen molar-refractivity contribution < 1.29 is 9.59 Å². The third kappa shape index (κ3) is 4.24. The number of piperazine rings is 1. The number of nitrogens with one attached hydrogen (secondary N) is 1. The van der Waals surface area contributed by atoms with Gasteiger partial charge in [0.15, 0.2) is 0 Å². The molecule has 1 aromatic rings. The molecule has 5 nitrogen and oxygen atoms in total. The maximum atomic E-state index is 12.3. The van der Waals surface area contributed by atoms with E-state index in [9.17, 15) is 9.59 Å². The summed E-state index contributed by atoms with van der Waals surface area (Å²) in [7, 11) is 0. The summed E-state index contributed by atoms with van der Waals surface area (Å²) in [6.45, 7) is 4.29. The SMILES string of the molecule is CC1CNCCN1N(C[C]=O)C(=O)/C=C/c1ccccc1. The molecule has 2 rings (SSSR count). The van der Waals surface area contributed by atoms with Crippen molar-refractivity contribution >= 4 is 18.3 Å². The van der Waals surface area contributed by atoms with Crippen LogP contribution in [0.4, 0.5) is 0 Å². The zero-order valence-electron chi connectivity index (χ0n) is 12.2. The largest absolute Gasteiger partial charge is 0.314 e. The fraction of sp³-hybridized carbons (Fsp3) is 0.375. The number of carbonyl (C=O) groups excluding carboxylic acids is 2. The van der Waals surface area contributed by atoms with Crippen molar-refractivity contribution in [1.29, 1.82) is 0 Å². The number of carbonyl (C=O) groups is 1. The lowest BCUT2D eigenvalue weighted by atomic mass is 10.2. The highest BCUT2D eigenvalue weighted by Crippen LogP contribution is 2.09. The molecule has 0 spiro atoms. The summed E-state index contributed by atoms with van der Waals surface area (Å²) in [5, 5.41) is 6.66. The Labute approximate surface area is 125 Å². The number of hydrazine groups is 1. The molecule has 1 unspecified atom stereocenters. The molecule has 1 atom stereocenters. The lowest BCUT2D eigenvalue weighted by Crippen LogP contribution is -2.59. The van der Waals surface area contributed by atoms with Crippen LogP contribution in [0.3, 0.4) is 0 Å². The Morgan fingerprint density at radius 3 is 2.90 bits per heavy atom. The van der Waals surface area contributed by atoms with Crippen LogP contribution in [0.2, 0.25) is 0 Å². The Bertz CT molecular complexity index is 502. The van der Waals surface area contributed by atoms with E-state index in [1.807, 2.05) is 48.6 Å². The van der Waals surface area contributed by atoms with Crippen LogP contribution < -0.4 is 5.32 Å². The lowest BCUT2D eigenvalue weighted by molar-refractivity contribution is -0.146. The van der Waals surface area contributed by atoms with Gasteiger partial charge in [-0.25, -0.2) is 5.01 Å². The van der Waals surface area contributed by atoms with E-state index in [0.717, 1.165) is 18.7 Å². The molecule has 1 radical (unpaired) electrons. The molecule has 1 N–H and O–H groups in total. The molecule has 0 aromatic heterocycles. The van der Waals surface area contributed by atoms with Gasteiger partial charge in [0, 0.05) is 31.8 Å². The minimum Gasteiger partial charge on any atom is -0.314 e. The van der Waals surface area contributed by atoms with Gasteiger partial charge in [-0.15, -0.1) is 0 Å². The van der Waals surface area contributed by atoms with Crippen molar-refractivity contribution in [3.63, 3.8) is 0 Å². The molecule has 5 heteroatoms. The van der Waals surface area contributed by atoms with Gasteiger partial charge in [0.05, 0.1) is 0 Å². The summed E-state index contributed by atoms with van der Waals surface area (Å²) in [5.41, 5.74) is 0.953. The summed E-state index contributed by atoms with van der Waals surface area (Å²) < 4.78 is 0. The maximum absolute atomic E-state index is 12.3. The summed E-state index contributed by atoms with van der Waals surface area (Å²) in [6.07, 6.45) is 5.08. The average Bonchev–Trinajstić information content (AvgIpc) is 2.52. The number of amides is 1. The van der Waals surface area contributed by atoms with Crippen molar-refractivity contribution in [3.8, 4) is 0 Å². The van der Waals surface area contributed by atoms with Gasteiger partial charge < -0.3 is 5.32 Å². The second-order valence-corrected chi connectivity index (χ2v) is 5.00. The number of hydrogen-bond acceptors (Lipinski definition) is 4. The summed E-state index contributed by atoms with van der Waals surface area (Å²) in [6, 6.07) is 9.77. The summed E-state index contributed by atoms with van der Waals surface area (Å²) >= 11 is 0. The quantitative estimate of drug-likeness (QED) is 0.815. The minimum atomic E-state index is -0.198. The normalized spacial score (nSPS) is 19.6. The van der Waals surface area contributed by atoms with E-state index < -0.39 is 0 Å². The van der Waals surface area contributed by atoms with E-state index in [0.29, 0.717) is 6.54 Å². The first kappa shape index (κ1) is 15.4. The lowest BCUT2D eigenvalue weighted by Gasteiger charge is -2.40. The van der Waals surface area contributed by atoms with Crippen LogP contribution >= 0.6 is 0 Å². The molecule has 1 saturated heterocycles. The third-order valence-corrected chi connectivity index (χ3v) is 3.46. The highest BCUT2D eigenvalue weighted by molar-refractivity contribution is 5.92. The molecule has 21 heavy (non-hydrogen) atoms. The van der Waals surface area contributed by atoms with Crippen LogP contribution in [0.15, 0.2) is 36.4 Å². The van der Waals surface area contributed by atoms with Crippen LogP contribution in [0.5, 0.6) is 0 Å². The first-order valence-corrected chi connectivity index (χ1v) is 7.09. The Hall–Kier alpha value is -1.98. The van der Waals surface area contributed by atoms with Gasteiger partial charge in [0.1, 0.15) is 6.54 Å². The summed E-state index contributed by atoms with van der Waals surface area (Å²) in [4.78, 5) is 23.1. The van der Waals surface area contributed by atoms with Crippen molar-refractivity contribution in [1.82, 2.24) is 15.3 Å². The summed E-state index contributed by atoms with van der Waals surface area (Å²) in [5.74, 6) is -0.198. The molecule has 1 fully saturated rings. The minimum absolute atomic E-state index is 0.0394. The van der Waals surface area contributed by atoms with Crippen molar-refractivity contribution in [2.45, 2.75) is 13.0 Å². The van der Waals surface area contributed by atoms with Gasteiger partial charge in [-0.3, -0.25) is 14.6 Å². The van der Waals surface area contributed by atoms with Gasteiger partial charge in [0.2, 0.25) is 6.29 Å². The second kappa shape index (κ2) is 7.71. The number of hydrogen-bond donors (Lipinski definition) is 1. The van der Waals surface area contributed by atoms with Crippen LogP contribution in [0.25, 0.3) is 6.08 Å². The molecule has 0 bridgehead atoms. The highest BCUT2D eigenvalue weighted by Gasteiger charge is 2.26. The van der Waals surface area contributed by atoms with Crippen LogP contribution in [-0.2, 0) is 9.59 Å². The number of rotatable bonds is 5. The van der Waals surface area contributed by atoms with E-state index >= 15 is 0 Å². The van der Waals surface area contributed by atoms with E-state index in [1.54, 1.807) is 6.08 Å². The average molecular weight is 286 g/mol. The maximum Gasteiger partial charge on any atom is 0.261 e. The topological polar surface area (TPSA) is 52.6 Å². The molecule has 0 aliphatic carbocycles. The second-order valence-electron chi connectivity index (χ2n) is 5.00. The molecular formula is C16H20N3O2. The molecule has 1 heterocycles. The van der Waals surface area contributed by atoms with E-state index in [2.05, 4.69) is 5.32 Å². The number of benzene rings is 1.